The molecule has 3 aliphatic heterocycles. The summed E-state index contributed by atoms with van der Waals surface area (Å²) in [5, 5.41) is 11.1. The summed E-state index contributed by atoms with van der Waals surface area (Å²) in [6, 6.07) is 26.5. The van der Waals surface area contributed by atoms with Crippen molar-refractivity contribution in [3.05, 3.63) is 125 Å². The van der Waals surface area contributed by atoms with Crippen LogP contribution in [0, 0.1) is 12.8 Å². The number of methoxy groups -OCH3 is 1. The summed E-state index contributed by atoms with van der Waals surface area (Å²) >= 11 is 0. The molecule has 1 spiro atoms. The van der Waals surface area contributed by atoms with E-state index in [9.17, 15) is 19.5 Å². The molecule has 1 N–H and O–H groups in total. The molecule has 3 atom stereocenters. The first-order valence-electron chi connectivity index (χ1n) is 15.6. The van der Waals surface area contributed by atoms with Gasteiger partial charge in [-0.1, -0.05) is 60.2 Å². The number of aryl methyl sites for hydroxylation is 1. The lowest BCUT2D eigenvalue weighted by Crippen LogP contribution is -2.65. The normalized spacial score (nSPS) is 22.6. The first kappa shape index (κ1) is 31.4. The average molecular weight is 659 g/mol. The van der Waals surface area contributed by atoms with Gasteiger partial charge in [0.1, 0.15) is 23.2 Å². The number of Topliss-reactive ketones (excluding diaryl/α,β-unsaturated/α-hetero) is 2. The van der Waals surface area contributed by atoms with Crippen LogP contribution in [0.1, 0.15) is 28.4 Å². The highest BCUT2D eigenvalue weighted by molar-refractivity contribution is 6.56. The minimum absolute atomic E-state index is 0.0369. The van der Waals surface area contributed by atoms with Crippen molar-refractivity contribution >= 4 is 46.5 Å². The van der Waals surface area contributed by atoms with Crippen molar-refractivity contribution in [2.45, 2.75) is 25.1 Å². The Morgan fingerprint density at radius 2 is 1.51 bits per heavy atom. The van der Waals surface area contributed by atoms with Crippen LogP contribution in [0.2, 0.25) is 0 Å². The van der Waals surface area contributed by atoms with Crippen LogP contribution in [-0.4, -0.2) is 59.4 Å². The Hall–Kier alpha value is -6.23. The number of anilines is 2. The maximum atomic E-state index is 15.6. The average Bonchev–Trinajstić information content (AvgIpc) is 3.44. The number of phenols is 1. The van der Waals surface area contributed by atoms with E-state index >= 15 is 9.59 Å². The number of rotatable bonds is 8. The Kier molecular flexibility index (Phi) is 7.35. The molecule has 4 aromatic rings. The molecule has 49 heavy (non-hydrogen) atoms. The summed E-state index contributed by atoms with van der Waals surface area (Å²) in [5.74, 6) is -7.38. The molecule has 0 radical (unpaired) electrons. The van der Waals surface area contributed by atoms with Crippen molar-refractivity contribution in [1.29, 1.82) is 0 Å². The molecule has 3 unspecified atom stereocenters. The van der Waals surface area contributed by atoms with E-state index in [0.29, 0.717) is 12.4 Å². The third-order valence-electron chi connectivity index (χ3n) is 9.15. The quantitative estimate of drug-likeness (QED) is 0.163. The molecular weight excluding hydrogens is 628 g/mol. The van der Waals surface area contributed by atoms with Crippen LogP contribution in [0.25, 0.3) is 5.76 Å². The summed E-state index contributed by atoms with van der Waals surface area (Å²) in [7, 11) is 1.09. The first-order chi connectivity index (χ1) is 23.6. The summed E-state index contributed by atoms with van der Waals surface area (Å²) in [6.45, 7) is 4.01. The molecule has 4 aromatic carbocycles. The summed E-state index contributed by atoms with van der Waals surface area (Å²) in [4.78, 5) is 75.8. The molecule has 2 saturated heterocycles. The van der Waals surface area contributed by atoms with Gasteiger partial charge in [0.25, 0.3) is 11.7 Å². The Morgan fingerprint density at radius 1 is 0.857 bits per heavy atom. The molecule has 11 heteroatoms. The fraction of sp³-hybridized carbons (Fsp3) is 0.184. The molecule has 0 saturated carbocycles. The fourth-order valence-corrected chi connectivity index (χ4v) is 7.14. The minimum atomic E-state index is -2.58. The molecular formula is C38H30N2O9. The van der Waals surface area contributed by atoms with Gasteiger partial charge in [-0.25, -0.2) is 4.79 Å². The Morgan fingerprint density at radius 3 is 2.14 bits per heavy atom. The Labute approximate surface area is 280 Å². The topological polar surface area (TPSA) is 140 Å². The van der Waals surface area contributed by atoms with Crippen molar-refractivity contribution in [3.8, 4) is 11.5 Å². The summed E-state index contributed by atoms with van der Waals surface area (Å²) < 4.78 is 17.6. The van der Waals surface area contributed by atoms with Crippen molar-refractivity contribution in [2.24, 2.45) is 5.92 Å². The van der Waals surface area contributed by atoms with Crippen LogP contribution in [-0.2, 0) is 28.7 Å². The van der Waals surface area contributed by atoms with Gasteiger partial charge in [-0.2, -0.15) is 0 Å². The van der Waals surface area contributed by atoms with E-state index in [0.717, 1.165) is 22.5 Å². The Balaban J connectivity index is 1.64. The molecule has 246 valence electrons. The van der Waals surface area contributed by atoms with Gasteiger partial charge in [0, 0.05) is 16.8 Å². The zero-order valence-electron chi connectivity index (χ0n) is 26.7. The second-order valence-corrected chi connectivity index (χ2v) is 11.8. The highest BCUT2D eigenvalue weighted by Crippen LogP contribution is 2.63. The molecule has 11 nitrogen and oxygen atoms in total. The number of aromatic hydroxyl groups is 1. The molecule has 7 rings (SSSR count). The van der Waals surface area contributed by atoms with Gasteiger partial charge in [-0.05, 0) is 62.4 Å². The van der Waals surface area contributed by atoms with Crippen molar-refractivity contribution in [1.82, 2.24) is 0 Å². The zero-order chi connectivity index (χ0) is 34.7. The standard InChI is InChI=1S/C38H30N2O9/c1-4-48-26-20-16-23(17-21-26)30(42)33-37-29(31(43)34(44)40(37)27-12-8-9-13-28(27)41)32(24-10-6-5-7-11-24)49-38(33,36(46)47-3)39(35(37)45)25-18-14-22(2)15-19-25/h5-21,33,41H,4H2,1-3H3. The predicted octanol–water partition coefficient (Wildman–Crippen LogP) is 4.61. The number of nitrogens with zero attached hydrogens (tertiary/aromatic N) is 2. The van der Waals surface area contributed by atoms with Crippen LogP contribution in [0.15, 0.2) is 109 Å². The number of carbonyl (C=O) groups excluding carboxylic acids is 5. The number of hydrogen-bond donors (Lipinski definition) is 1. The first-order valence-corrected chi connectivity index (χ1v) is 15.6. The van der Waals surface area contributed by atoms with E-state index in [1.165, 1.54) is 36.4 Å². The third-order valence-corrected chi connectivity index (χ3v) is 9.15. The van der Waals surface area contributed by atoms with E-state index in [-0.39, 0.29) is 28.3 Å². The largest absolute Gasteiger partial charge is 0.506 e. The van der Waals surface area contributed by atoms with Crippen molar-refractivity contribution in [3.63, 3.8) is 0 Å². The monoisotopic (exact) mass is 658 g/mol. The molecule has 2 fully saturated rings. The van der Waals surface area contributed by atoms with E-state index < -0.39 is 57.9 Å². The number of ketones is 2. The third kappa shape index (κ3) is 4.24. The smallest absolute Gasteiger partial charge is 0.373 e. The number of hydrogen-bond acceptors (Lipinski definition) is 9. The van der Waals surface area contributed by atoms with Gasteiger partial charge in [0.05, 0.1) is 25.0 Å². The number of phenolic OH excluding ortho intramolecular Hbond substituents is 1. The SMILES string of the molecule is CCOc1ccc(C(=O)C2C3(C(=O)OC)OC(c4ccccc4)=C4C(=O)C(=O)N(c5ccccc5O)C42C(=O)N3c2ccc(C)cc2)cc1. The zero-order valence-corrected chi connectivity index (χ0v) is 26.7. The number of amides is 2. The lowest BCUT2D eigenvalue weighted by atomic mass is 9.69. The van der Waals surface area contributed by atoms with Gasteiger partial charge in [-0.15, -0.1) is 0 Å². The highest BCUT2D eigenvalue weighted by Gasteiger charge is 2.85. The second-order valence-electron chi connectivity index (χ2n) is 11.8. The van der Waals surface area contributed by atoms with Crippen LogP contribution in [0.4, 0.5) is 11.4 Å². The number of esters is 1. The Bertz CT molecular complexity index is 2070. The van der Waals surface area contributed by atoms with Gasteiger partial charge in [0.2, 0.25) is 0 Å². The number of ether oxygens (including phenoxy) is 3. The van der Waals surface area contributed by atoms with E-state index in [4.69, 9.17) is 14.2 Å². The minimum Gasteiger partial charge on any atom is -0.506 e. The summed E-state index contributed by atoms with van der Waals surface area (Å²) in [6.07, 6.45) is 0. The maximum Gasteiger partial charge on any atom is 0.373 e. The van der Waals surface area contributed by atoms with Gasteiger partial charge in [-0.3, -0.25) is 29.0 Å². The molecule has 3 aliphatic rings. The molecule has 2 amide bonds. The van der Waals surface area contributed by atoms with Crippen LogP contribution in [0.5, 0.6) is 11.5 Å². The number of benzene rings is 4. The predicted molar refractivity (Wildman–Crippen MR) is 177 cm³/mol. The molecule has 0 aromatic heterocycles. The van der Waals surface area contributed by atoms with Gasteiger partial charge in [0.15, 0.2) is 11.3 Å². The van der Waals surface area contributed by atoms with E-state index in [1.807, 2.05) is 6.92 Å². The lowest BCUT2D eigenvalue weighted by Gasteiger charge is -2.45. The number of carbonyl (C=O) groups is 5. The van der Waals surface area contributed by atoms with Crippen LogP contribution < -0.4 is 14.5 Å². The van der Waals surface area contributed by atoms with E-state index in [2.05, 4.69) is 0 Å². The number of fused-ring (bicyclic) bond motifs is 1. The second kappa shape index (κ2) is 11.5. The highest BCUT2D eigenvalue weighted by atomic mass is 16.6. The van der Waals surface area contributed by atoms with Crippen molar-refractivity contribution < 1.29 is 43.3 Å². The maximum absolute atomic E-state index is 15.6. The van der Waals surface area contributed by atoms with E-state index in [1.54, 1.807) is 73.7 Å². The molecule has 0 aliphatic carbocycles. The van der Waals surface area contributed by atoms with Gasteiger partial charge < -0.3 is 19.3 Å². The van der Waals surface area contributed by atoms with Crippen LogP contribution >= 0.6 is 0 Å². The number of para-hydroxylation sites is 2. The van der Waals surface area contributed by atoms with Crippen LogP contribution in [0.3, 0.4) is 0 Å². The fourth-order valence-electron chi connectivity index (χ4n) is 7.14. The lowest BCUT2D eigenvalue weighted by molar-refractivity contribution is -0.165. The van der Waals surface area contributed by atoms with Gasteiger partial charge >= 0.3 is 17.6 Å². The van der Waals surface area contributed by atoms with Crippen molar-refractivity contribution in [2.75, 3.05) is 23.5 Å². The molecule has 2 bridgehead atoms. The summed E-state index contributed by atoms with van der Waals surface area (Å²) in [5.41, 5.74) is -4.49. The molecule has 3 heterocycles.